The van der Waals surface area contributed by atoms with Crippen LogP contribution in [0.15, 0.2) is 48.0 Å². The van der Waals surface area contributed by atoms with Crippen molar-refractivity contribution in [3.63, 3.8) is 0 Å². The van der Waals surface area contributed by atoms with Gasteiger partial charge >= 0.3 is 0 Å². The van der Waals surface area contributed by atoms with Crippen molar-refractivity contribution in [1.29, 1.82) is 0 Å². The van der Waals surface area contributed by atoms with E-state index in [0.717, 1.165) is 12.8 Å². The van der Waals surface area contributed by atoms with Crippen LogP contribution in [0.3, 0.4) is 0 Å². The maximum atomic E-state index is 13.0. The van der Waals surface area contributed by atoms with Gasteiger partial charge in [-0.05, 0) is 54.8 Å². The monoisotopic (exact) mass is 465 g/mol. The summed E-state index contributed by atoms with van der Waals surface area (Å²) in [5.41, 5.74) is 0.864. The Morgan fingerprint density at radius 2 is 1.77 bits per heavy atom. The smallest absolute Gasteiger partial charge is 0.295 e. The van der Waals surface area contributed by atoms with Crippen LogP contribution in [-0.2, 0) is 14.3 Å². The number of hydrogen-bond acceptors (Lipinski definition) is 4. The number of amides is 1. The van der Waals surface area contributed by atoms with E-state index in [-0.39, 0.29) is 24.0 Å². The first-order valence-electron chi connectivity index (χ1n) is 9.47. The van der Waals surface area contributed by atoms with Gasteiger partial charge in [-0.1, -0.05) is 40.9 Å². The average molecular weight is 467 g/mol. The van der Waals surface area contributed by atoms with Gasteiger partial charge in [-0.2, -0.15) is 0 Å². The fraction of sp³-hybridized carbons (Fsp3) is 0.273. The van der Waals surface area contributed by atoms with Gasteiger partial charge in [-0.25, -0.2) is 0 Å². The maximum Gasteiger partial charge on any atom is 0.295 e. The van der Waals surface area contributed by atoms with E-state index >= 15 is 0 Å². The van der Waals surface area contributed by atoms with Crippen molar-refractivity contribution in [2.75, 3.05) is 13.2 Å². The molecule has 4 rings (SSSR count). The molecule has 2 aliphatic rings. The lowest BCUT2D eigenvalue weighted by atomic mass is 9.95. The van der Waals surface area contributed by atoms with Crippen LogP contribution < -0.4 is 0 Å². The van der Waals surface area contributed by atoms with Gasteiger partial charge < -0.3 is 14.7 Å². The number of ketones is 1. The largest absolute Gasteiger partial charge is 0.507 e. The van der Waals surface area contributed by atoms with Crippen molar-refractivity contribution in [3.8, 4) is 0 Å². The number of nitrogens with zero attached hydrogens (tertiary/aromatic N) is 1. The third-order valence-electron chi connectivity index (χ3n) is 5.34. The third kappa shape index (κ3) is 3.95. The third-order valence-corrected chi connectivity index (χ3v) is 6.15. The zero-order chi connectivity index (χ0) is 21.4. The molecule has 0 spiro atoms. The number of aliphatic hydroxyl groups is 1. The number of benzene rings is 2. The highest BCUT2D eigenvalue weighted by atomic mass is 35.5. The molecule has 8 heteroatoms. The number of likely N-dealkylation sites (tertiary alicyclic amines) is 1. The Morgan fingerprint density at radius 3 is 2.40 bits per heavy atom. The molecule has 2 aliphatic heterocycles. The standard InChI is InChI=1S/C22H18Cl3NO4/c23-13-5-3-12(4-6-13)20(27)18-19(16-8-7-14(24)10-17(16)25)26(22(29)21(18)28)11-15-2-1-9-30-15/h3-8,10,15,19,27H,1-2,9,11H2/t15-,19-/m0/s1. The molecule has 2 heterocycles. The van der Waals surface area contributed by atoms with E-state index < -0.39 is 17.7 Å². The minimum Gasteiger partial charge on any atom is -0.507 e. The Hall–Kier alpha value is -2.05. The summed E-state index contributed by atoms with van der Waals surface area (Å²) >= 11 is 18.4. The molecule has 1 amide bonds. The average Bonchev–Trinajstić information content (AvgIpc) is 3.31. The summed E-state index contributed by atoms with van der Waals surface area (Å²) in [5, 5.41) is 12.2. The molecule has 1 N–H and O–H groups in total. The molecule has 30 heavy (non-hydrogen) atoms. The summed E-state index contributed by atoms with van der Waals surface area (Å²) in [4.78, 5) is 27.4. The summed E-state index contributed by atoms with van der Waals surface area (Å²) in [6, 6.07) is 10.4. The molecule has 0 aliphatic carbocycles. The van der Waals surface area contributed by atoms with Crippen molar-refractivity contribution >= 4 is 52.3 Å². The molecular formula is C22H18Cl3NO4. The minimum atomic E-state index is -0.852. The summed E-state index contributed by atoms with van der Waals surface area (Å²) < 4.78 is 5.67. The molecule has 156 valence electrons. The number of rotatable bonds is 4. The van der Waals surface area contributed by atoms with Crippen molar-refractivity contribution in [2.45, 2.75) is 25.0 Å². The van der Waals surface area contributed by atoms with E-state index in [9.17, 15) is 14.7 Å². The lowest BCUT2D eigenvalue weighted by Crippen LogP contribution is -2.36. The molecule has 2 aromatic rings. The molecule has 0 unspecified atom stereocenters. The summed E-state index contributed by atoms with van der Waals surface area (Å²) in [6.07, 6.45) is 1.51. The minimum absolute atomic E-state index is 0.0236. The highest BCUT2D eigenvalue weighted by molar-refractivity contribution is 6.47. The van der Waals surface area contributed by atoms with E-state index in [1.54, 1.807) is 42.5 Å². The van der Waals surface area contributed by atoms with E-state index in [1.807, 2.05) is 0 Å². The van der Waals surface area contributed by atoms with Gasteiger partial charge in [0.1, 0.15) is 5.76 Å². The number of carbonyl (C=O) groups is 2. The number of hydrogen-bond donors (Lipinski definition) is 1. The number of carbonyl (C=O) groups excluding carboxylic acids is 2. The van der Waals surface area contributed by atoms with E-state index in [1.165, 1.54) is 4.90 Å². The van der Waals surface area contributed by atoms with Gasteiger partial charge in [0.15, 0.2) is 0 Å². The van der Waals surface area contributed by atoms with Crippen LogP contribution in [0.5, 0.6) is 0 Å². The highest BCUT2D eigenvalue weighted by Gasteiger charge is 2.47. The molecule has 2 aromatic carbocycles. The second kappa shape index (κ2) is 8.60. The Morgan fingerprint density at radius 1 is 1.07 bits per heavy atom. The Labute approximate surface area is 188 Å². The number of Topliss-reactive ketones (excluding diaryl/α,β-unsaturated/α-hetero) is 1. The van der Waals surface area contributed by atoms with Crippen LogP contribution in [0.1, 0.15) is 30.0 Å². The van der Waals surface area contributed by atoms with Gasteiger partial charge in [0.05, 0.1) is 17.7 Å². The van der Waals surface area contributed by atoms with E-state index in [2.05, 4.69) is 0 Å². The zero-order valence-corrected chi connectivity index (χ0v) is 18.0. The quantitative estimate of drug-likeness (QED) is 0.380. The molecule has 0 bridgehead atoms. The first-order chi connectivity index (χ1) is 14.4. The van der Waals surface area contributed by atoms with Gasteiger partial charge in [0.2, 0.25) is 0 Å². The SMILES string of the molecule is O=C1C(=O)N(C[C@@H]2CCCO2)[C@@H](c2ccc(Cl)cc2Cl)C1=C(O)c1ccc(Cl)cc1. The van der Waals surface area contributed by atoms with Gasteiger partial charge in [-0.15, -0.1) is 0 Å². The number of halogens is 3. The van der Waals surface area contributed by atoms with Crippen LogP contribution >= 0.6 is 34.8 Å². The molecular weight excluding hydrogens is 449 g/mol. The summed E-state index contributed by atoms with van der Waals surface area (Å²) in [6.45, 7) is 0.845. The molecule has 5 nitrogen and oxygen atoms in total. The van der Waals surface area contributed by atoms with Crippen LogP contribution in [0.2, 0.25) is 15.1 Å². The molecule has 2 saturated heterocycles. The van der Waals surface area contributed by atoms with Crippen molar-refractivity contribution in [1.82, 2.24) is 4.90 Å². The molecule has 0 saturated carbocycles. The first kappa shape index (κ1) is 21.2. The van der Waals surface area contributed by atoms with E-state index in [0.29, 0.717) is 32.8 Å². The number of ether oxygens (including phenoxy) is 1. The van der Waals surface area contributed by atoms with E-state index in [4.69, 9.17) is 39.5 Å². The second-order valence-electron chi connectivity index (χ2n) is 7.26. The van der Waals surface area contributed by atoms with Gasteiger partial charge in [0.25, 0.3) is 11.7 Å². The zero-order valence-electron chi connectivity index (χ0n) is 15.8. The predicted octanol–water partition coefficient (Wildman–Crippen LogP) is 5.25. The lowest BCUT2D eigenvalue weighted by molar-refractivity contribution is -0.140. The van der Waals surface area contributed by atoms with Crippen LogP contribution in [0, 0.1) is 0 Å². The van der Waals surface area contributed by atoms with Crippen molar-refractivity contribution in [2.24, 2.45) is 0 Å². The van der Waals surface area contributed by atoms with Crippen molar-refractivity contribution in [3.05, 3.63) is 74.2 Å². The summed E-state index contributed by atoms with van der Waals surface area (Å²) in [7, 11) is 0. The first-order valence-corrected chi connectivity index (χ1v) is 10.6. The fourth-order valence-corrected chi connectivity index (χ4v) is 4.52. The Kier molecular flexibility index (Phi) is 6.07. The fourth-order valence-electron chi connectivity index (χ4n) is 3.89. The number of aliphatic hydroxyl groups excluding tert-OH is 1. The molecule has 0 radical (unpaired) electrons. The Bertz CT molecular complexity index is 1030. The molecule has 0 aromatic heterocycles. The highest BCUT2D eigenvalue weighted by Crippen LogP contribution is 2.43. The predicted molar refractivity (Wildman–Crippen MR) is 116 cm³/mol. The topological polar surface area (TPSA) is 66.8 Å². The second-order valence-corrected chi connectivity index (χ2v) is 8.54. The maximum absolute atomic E-state index is 13.0. The molecule has 2 fully saturated rings. The van der Waals surface area contributed by atoms with Gasteiger partial charge in [0, 0.05) is 33.8 Å². The normalized spacial score (nSPS) is 23.4. The Balaban J connectivity index is 1.85. The van der Waals surface area contributed by atoms with Gasteiger partial charge in [-0.3, -0.25) is 9.59 Å². The lowest BCUT2D eigenvalue weighted by Gasteiger charge is -2.28. The van der Waals surface area contributed by atoms with Crippen LogP contribution in [0.4, 0.5) is 0 Å². The van der Waals surface area contributed by atoms with Crippen LogP contribution in [0.25, 0.3) is 5.76 Å². The van der Waals surface area contributed by atoms with Crippen LogP contribution in [-0.4, -0.2) is 41.0 Å². The summed E-state index contributed by atoms with van der Waals surface area (Å²) in [5.74, 6) is -1.75. The van der Waals surface area contributed by atoms with Crippen molar-refractivity contribution < 1.29 is 19.4 Å². The molecule has 2 atom stereocenters.